The zero-order valence-electron chi connectivity index (χ0n) is 10.1. The van der Waals surface area contributed by atoms with Crippen molar-refractivity contribution < 1.29 is 24.4 Å². The van der Waals surface area contributed by atoms with Crippen LogP contribution in [0.5, 0.6) is 0 Å². The van der Waals surface area contributed by atoms with Gasteiger partial charge in [-0.2, -0.15) is 0 Å². The topological polar surface area (TPSA) is 153 Å². The molecule has 0 aromatic heterocycles. The molecule has 0 heterocycles. The molecule has 1 rings (SSSR count). The molecule has 0 unspecified atom stereocenters. The van der Waals surface area contributed by atoms with Crippen LogP contribution in [-0.4, -0.2) is 33.9 Å². The maximum atomic E-state index is 11.8. The van der Waals surface area contributed by atoms with E-state index in [2.05, 4.69) is 0 Å². The number of primary amides is 1. The van der Waals surface area contributed by atoms with Crippen LogP contribution >= 0.6 is 0 Å². The number of para-hydroxylation sites is 1. The van der Waals surface area contributed by atoms with Gasteiger partial charge >= 0.3 is 5.97 Å². The third kappa shape index (κ3) is 3.77. The van der Waals surface area contributed by atoms with Crippen molar-refractivity contribution in [1.29, 1.82) is 0 Å². The molecule has 0 aliphatic carbocycles. The minimum atomic E-state index is -1.54. The summed E-state index contributed by atoms with van der Waals surface area (Å²) in [5.41, 5.74) is 4.10. The molecule has 0 saturated heterocycles. The Morgan fingerprint density at radius 2 is 1.95 bits per heavy atom. The molecular weight excluding hydrogens is 270 g/mol. The summed E-state index contributed by atoms with van der Waals surface area (Å²) in [6.45, 7) is 0. The second-order valence-electron chi connectivity index (χ2n) is 3.81. The maximum Gasteiger partial charge on any atom is 0.326 e. The molecule has 1 aromatic carbocycles. The van der Waals surface area contributed by atoms with E-state index >= 15 is 0 Å². The Labute approximate surface area is 112 Å². The largest absolute Gasteiger partial charge is 0.480 e. The molecule has 1 aromatic rings. The third-order valence-electron chi connectivity index (χ3n) is 2.35. The van der Waals surface area contributed by atoms with Gasteiger partial charge in [0, 0.05) is 6.07 Å². The Balaban J connectivity index is 2.98. The molecule has 4 N–H and O–H groups in total. The molecule has 0 aliphatic heterocycles. The Morgan fingerprint density at radius 1 is 1.35 bits per heavy atom. The monoisotopic (exact) mass is 281 g/mol. The Bertz CT molecular complexity index is 571. The van der Waals surface area contributed by atoms with E-state index in [0.29, 0.717) is 0 Å². The highest BCUT2D eigenvalue weighted by Gasteiger charge is 2.26. The van der Waals surface area contributed by atoms with Gasteiger partial charge in [0.05, 0.1) is 11.3 Å². The van der Waals surface area contributed by atoms with Gasteiger partial charge in [0.15, 0.2) is 0 Å². The van der Waals surface area contributed by atoms with Crippen molar-refractivity contribution in [2.45, 2.75) is 12.5 Å². The summed E-state index contributed by atoms with van der Waals surface area (Å²) >= 11 is 0. The second kappa shape index (κ2) is 6.27. The van der Waals surface area contributed by atoms with E-state index in [0.717, 1.165) is 6.07 Å². The lowest BCUT2D eigenvalue weighted by Crippen LogP contribution is -2.43. The molecule has 106 valence electrons. The number of nitrogens with two attached hydrogens (primary N) is 1. The highest BCUT2D eigenvalue weighted by atomic mass is 16.6. The van der Waals surface area contributed by atoms with Crippen molar-refractivity contribution in [3.8, 4) is 0 Å². The number of rotatable bonds is 6. The average molecular weight is 281 g/mol. The van der Waals surface area contributed by atoms with E-state index in [1.54, 1.807) is 0 Å². The number of nitrogens with one attached hydrogen (secondary N) is 1. The summed E-state index contributed by atoms with van der Waals surface area (Å²) in [6.07, 6.45) is -0.609. The first-order valence-electron chi connectivity index (χ1n) is 5.38. The molecule has 0 saturated carbocycles. The van der Waals surface area contributed by atoms with E-state index in [1.165, 1.54) is 18.2 Å². The first-order valence-corrected chi connectivity index (χ1v) is 5.38. The van der Waals surface area contributed by atoms with Crippen molar-refractivity contribution in [3.05, 3.63) is 39.9 Å². The Hall–Kier alpha value is -2.97. The van der Waals surface area contributed by atoms with Crippen molar-refractivity contribution in [2.24, 2.45) is 5.73 Å². The summed E-state index contributed by atoms with van der Waals surface area (Å²) < 4.78 is 0. The van der Waals surface area contributed by atoms with Crippen LogP contribution in [0.4, 0.5) is 5.69 Å². The van der Waals surface area contributed by atoms with E-state index in [-0.39, 0.29) is 5.56 Å². The van der Waals surface area contributed by atoms with E-state index in [9.17, 15) is 24.5 Å². The molecule has 9 nitrogen and oxygen atoms in total. The van der Waals surface area contributed by atoms with Crippen LogP contribution in [0.1, 0.15) is 16.8 Å². The fourth-order valence-electron chi connectivity index (χ4n) is 1.46. The van der Waals surface area contributed by atoms with Crippen LogP contribution in [0, 0.1) is 10.1 Å². The summed E-state index contributed by atoms with van der Waals surface area (Å²) in [4.78, 5) is 43.4. The molecular formula is C11H11N3O6. The van der Waals surface area contributed by atoms with Crippen molar-refractivity contribution >= 4 is 23.5 Å². The molecule has 0 aliphatic rings. The SMILES string of the molecule is NC(=O)C[C@@H](NC(=O)c1ccccc1[N+](=O)[O-])C(=O)O. The number of nitro groups is 1. The van der Waals surface area contributed by atoms with Gasteiger partial charge in [-0.25, -0.2) is 4.79 Å². The van der Waals surface area contributed by atoms with E-state index in [1.807, 2.05) is 5.32 Å². The number of aliphatic carboxylic acids is 1. The number of nitrogens with zero attached hydrogens (tertiary/aromatic N) is 1. The van der Waals surface area contributed by atoms with Gasteiger partial charge in [-0.15, -0.1) is 0 Å². The van der Waals surface area contributed by atoms with Crippen LogP contribution in [0.15, 0.2) is 24.3 Å². The zero-order valence-corrected chi connectivity index (χ0v) is 10.1. The highest BCUT2D eigenvalue weighted by Crippen LogP contribution is 2.17. The molecule has 0 fully saturated rings. The Morgan fingerprint density at radius 3 is 2.45 bits per heavy atom. The molecule has 0 bridgehead atoms. The molecule has 0 spiro atoms. The van der Waals surface area contributed by atoms with Gasteiger partial charge in [-0.3, -0.25) is 19.7 Å². The lowest BCUT2D eigenvalue weighted by molar-refractivity contribution is -0.385. The number of carbonyl (C=O) groups excluding carboxylic acids is 2. The minimum Gasteiger partial charge on any atom is -0.480 e. The van der Waals surface area contributed by atoms with Gasteiger partial charge in [0.1, 0.15) is 11.6 Å². The van der Waals surface area contributed by atoms with Crippen LogP contribution < -0.4 is 11.1 Å². The number of nitro benzene ring substituents is 1. The molecule has 9 heteroatoms. The summed E-state index contributed by atoms with van der Waals surface area (Å²) in [5.74, 6) is -3.35. The molecule has 0 radical (unpaired) electrons. The zero-order chi connectivity index (χ0) is 15.3. The second-order valence-corrected chi connectivity index (χ2v) is 3.81. The van der Waals surface area contributed by atoms with Crippen molar-refractivity contribution in [1.82, 2.24) is 5.32 Å². The number of hydrogen-bond acceptors (Lipinski definition) is 5. The van der Waals surface area contributed by atoms with Crippen molar-refractivity contribution in [3.63, 3.8) is 0 Å². The van der Waals surface area contributed by atoms with Crippen molar-refractivity contribution in [2.75, 3.05) is 0 Å². The summed E-state index contributed by atoms with van der Waals surface area (Å²) in [5, 5.41) is 21.6. The first-order chi connectivity index (χ1) is 9.32. The smallest absolute Gasteiger partial charge is 0.326 e. The van der Waals surface area contributed by atoms with Gasteiger partial charge in [-0.05, 0) is 6.07 Å². The quantitative estimate of drug-likeness (QED) is 0.478. The summed E-state index contributed by atoms with van der Waals surface area (Å²) in [7, 11) is 0. The van der Waals surface area contributed by atoms with Gasteiger partial charge < -0.3 is 16.2 Å². The molecule has 2 amide bonds. The van der Waals surface area contributed by atoms with Gasteiger partial charge in [-0.1, -0.05) is 12.1 Å². The van der Waals surface area contributed by atoms with Crippen LogP contribution in [-0.2, 0) is 9.59 Å². The highest BCUT2D eigenvalue weighted by molar-refractivity contribution is 6.00. The predicted octanol–water partition coefficient (Wildman–Crippen LogP) is -0.347. The third-order valence-corrected chi connectivity index (χ3v) is 2.35. The summed E-state index contributed by atoms with van der Waals surface area (Å²) in [6, 6.07) is 3.51. The maximum absolute atomic E-state index is 11.8. The first kappa shape index (κ1) is 15.1. The molecule has 1 atom stereocenters. The lowest BCUT2D eigenvalue weighted by atomic mass is 10.1. The fraction of sp³-hybridized carbons (Fsp3) is 0.182. The predicted molar refractivity (Wildman–Crippen MR) is 65.8 cm³/mol. The lowest BCUT2D eigenvalue weighted by Gasteiger charge is -2.12. The number of carboxylic acids is 1. The Kier molecular flexibility index (Phi) is 4.73. The number of hydrogen-bond donors (Lipinski definition) is 3. The minimum absolute atomic E-state index is 0.298. The van der Waals surface area contributed by atoms with Crippen LogP contribution in [0.2, 0.25) is 0 Å². The van der Waals surface area contributed by atoms with Gasteiger partial charge in [0.2, 0.25) is 5.91 Å². The fourth-order valence-corrected chi connectivity index (χ4v) is 1.46. The normalized spacial score (nSPS) is 11.4. The number of carbonyl (C=O) groups is 3. The number of carboxylic acid groups (broad SMARTS) is 1. The number of benzene rings is 1. The van der Waals surface area contributed by atoms with Crippen LogP contribution in [0.25, 0.3) is 0 Å². The van der Waals surface area contributed by atoms with Crippen LogP contribution in [0.3, 0.4) is 0 Å². The molecule has 20 heavy (non-hydrogen) atoms. The standard InChI is InChI=1S/C11H11N3O6/c12-9(15)5-7(11(17)18)13-10(16)6-3-1-2-4-8(6)14(19)20/h1-4,7H,5H2,(H2,12,15)(H,13,16)(H,17,18)/t7-/m1/s1. The van der Waals surface area contributed by atoms with E-state index < -0.39 is 40.9 Å². The average Bonchev–Trinajstić information content (AvgIpc) is 2.37. The van der Waals surface area contributed by atoms with Gasteiger partial charge in [0.25, 0.3) is 11.6 Å². The number of amides is 2. The van der Waals surface area contributed by atoms with E-state index in [4.69, 9.17) is 10.8 Å².